The van der Waals surface area contributed by atoms with Gasteiger partial charge in [0.25, 0.3) is 0 Å². The molecule has 1 saturated heterocycles. The standard InChI is InChI=1S/C18H25N5O2S/c19-14-4-1-3-13(11-14)18(24)23-8-6-22(7-9-23)12-16-20-17(21-25-16)15-5-2-10-26-15/h2,5,10,13-14H,1,3-4,6-9,11-12,19H2. The fourth-order valence-electron chi connectivity index (χ4n) is 3.85. The second kappa shape index (κ2) is 7.85. The molecule has 3 heterocycles. The van der Waals surface area contributed by atoms with Crippen LogP contribution in [0.2, 0.25) is 0 Å². The summed E-state index contributed by atoms with van der Waals surface area (Å²) in [5.74, 6) is 1.69. The van der Waals surface area contributed by atoms with Crippen molar-refractivity contribution < 1.29 is 9.32 Å². The van der Waals surface area contributed by atoms with Gasteiger partial charge >= 0.3 is 0 Å². The number of piperazine rings is 1. The van der Waals surface area contributed by atoms with Crippen LogP contribution in [0.1, 0.15) is 31.6 Å². The highest BCUT2D eigenvalue weighted by Gasteiger charge is 2.31. The van der Waals surface area contributed by atoms with E-state index in [-0.39, 0.29) is 17.9 Å². The first-order valence-corrected chi connectivity index (χ1v) is 10.2. The molecular formula is C18H25N5O2S. The van der Waals surface area contributed by atoms with Gasteiger partial charge in [0.15, 0.2) is 0 Å². The largest absolute Gasteiger partial charge is 0.340 e. The van der Waals surface area contributed by atoms with Crippen molar-refractivity contribution in [1.29, 1.82) is 0 Å². The average Bonchev–Trinajstić information content (AvgIpc) is 3.33. The maximum Gasteiger partial charge on any atom is 0.241 e. The lowest BCUT2D eigenvalue weighted by Gasteiger charge is -2.37. The average molecular weight is 375 g/mol. The molecule has 1 aliphatic heterocycles. The molecule has 7 nitrogen and oxygen atoms in total. The molecule has 2 N–H and O–H groups in total. The van der Waals surface area contributed by atoms with Crippen molar-refractivity contribution >= 4 is 17.2 Å². The monoisotopic (exact) mass is 375 g/mol. The molecule has 0 radical (unpaired) electrons. The van der Waals surface area contributed by atoms with E-state index in [4.69, 9.17) is 10.3 Å². The van der Waals surface area contributed by atoms with Gasteiger partial charge in [-0.1, -0.05) is 17.6 Å². The molecule has 0 aromatic carbocycles. The van der Waals surface area contributed by atoms with E-state index in [2.05, 4.69) is 15.0 Å². The zero-order valence-electron chi connectivity index (χ0n) is 14.8. The van der Waals surface area contributed by atoms with Crippen LogP contribution in [0.4, 0.5) is 0 Å². The van der Waals surface area contributed by atoms with Gasteiger partial charge in [0.05, 0.1) is 11.4 Å². The van der Waals surface area contributed by atoms with E-state index in [0.29, 0.717) is 18.3 Å². The van der Waals surface area contributed by atoms with Crippen molar-refractivity contribution in [2.75, 3.05) is 26.2 Å². The molecule has 140 valence electrons. The number of carbonyl (C=O) groups is 1. The number of carbonyl (C=O) groups excluding carboxylic acids is 1. The van der Waals surface area contributed by atoms with Gasteiger partial charge < -0.3 is 15.2 Å². The molecule has 4 rings (SSSR count). The van der Waals surface area contributed by atoms with Gasteiger partial charge in [0.2, 0.25) is 17.6 Å². The first kappa shape index (κ1) is 17.6. The van der Waals surface area contributed by atoms with Crippen molar-refractivity contribution in [2.45, 2.75) is 38.3 Å². The predicted molar refractivity (Wildman–Crippen MR) is 99.4 cm³/mol. The number of nitrogens with two attached hydrogens (primary N) is 1. The Hall–Kier alpha value is -1.77. The molecule has 1 amide bonds. The van der Waals surface area contributed by atoms with E-state index in [1.165, 1.54) is 0 Å². The Labute approximate surface area is 157 Å². The van der Waals surface area contributed by atoms with E-state index in [9.17, 15) is 4.79 Å². The Morgan fingerprint density at radius 3 is 2.88 bits per heavy atom. The van der Waals surface area contributed by atoms with Crippen LogP contribution in [0.5, 0.6) is 0 Å². The van der Waals surface area contributed by atoms with Crippen LogP contribution in [0.15, 0.2) is 22.0 Å². The first-order chi connectivity index (χ1) is 12.7. The van der Waals surface area contributed by atoms with Gasteiger partial charge in [-0.3, -0.25) is 9.69 Å². The number of thiophene rings is 1. The second-order valence-electron chi connectivity index (χ2n) is 7.21. The minimum Gasteiger partial charge on any atom is -0.340 e. The Bertz CT molecular complexity index is 724. The molecule has 0 bridgehead atoms. The van der Waals surface area contributed by atoms with E-state index in [1.807, 2.05) is 22.4 Å². The number of amides is 1. The van der Waals surface area contributed by atoms with Crippen LogP contribution >= 0.6 is 11.3 Å². The summed E-state index contributed by atoms with van der Waals surface area (Å²) in [5, 5.41) is 6.06. The Morgan fingerprint density at radius 1 is 1.31 bits per heavy atom. The van der Waals surface area contributed by atoms with Crippen LogP contribution in [0, 0.1) is 5.92 Å². The van der Waals surface area contributed by atoms with Crippen molar-refractivity contribution in [1.82, 2.24) is 19.9 Å². The van der Waals surface area contributed by atoms with Gasteiger partial charge in [0.1, 0.15) is 0 Å². The summed E-state index contributed by atoms with van der Waals surface area (Å²) >= 11 is 1.60. The predicted octanol–water partition coefficient (Wildman–Crippen LogP) is 1.96. The number of nitrogens with zero attached hydrogens (tertiary/aromatic N) is 4. The minimum absolute atomic E-state index is 0.120. The Morgan fingerprint density at radius 2 is 2.15 bits per heavy atom. The smallest absolute Gasteiger partial charge is 0.241 e. The molecule has 2 aliphatic rings. The van der Waals surface area contributed by atoms with E-state index in [1.54, 1.807) is 11.3 Å². The van der Waals surface area contributed by atoms with Gasteiger partial charge in [-0.05, 0) is 30.7 Å². The van der Waals surface area contributed by atoms with Crippen molar-refractivity contribution in [3.8, 4) is 10.7 Å². The summed E-state index contributed by atoms with van der Waals surface area (Å²) in [5.41, 5.74) is 6.04. The third kappa shape index (κ3) is 3.97. The van der Waals surface area contributed by atoms with Crippen molar-refractivity contribution in [2.24, 2.45) is 11.7 Å². The summed E-state index contributed by atoms with van der Waals surface area (Å²) in [7, 11) is 0. The molecule has 2 atom stereocenters. The maximum absolute atomic E-state index is 12.7. The van der Waals surface area contributed by atoms with Crippen LogP contribution in [0.3, 0.4) is 0 Å². The number of aromatic nitrogens is 2. The Kier molecular flexibility index (Phi) is 5.33. The fourth-order valence-corrected chi connectivity index (χ4v) is 4.50. The lowest BCUT2D eigenvalue weighted by atomic mass is 9.85. The zero-order chi connectivity index (χ0) is 17.9. The highest BCUT2D eigenvalue weighted by atomic mass is 32.1. The number of hydrogen-bond donors (Lipinski definition) is 1. The summed E-state index contributed by atoms with van der Waals surface area (Å²) < 4.78 is 5.38. The summed E-state index contributed by atoms with van der Waals surface area (Å²) in [6.45, 7) is 3.82. The molecule has 2 unspecified atom stereocenters. The van der Waals surface area contributed by atoms with Crippen LogP contribution in [0.25, 0.3) is 10.7 Å². The molecule has 0 spiro atoms. The molecule has 2 aromatic rings. The molecule has 2 aromatic heterocycles. The highest BCUT2D eigenvalue weighted by molar-refractivity contribution is 7.13. The molecule has 26 heavy (non-hydrogen) atoms. The van der Waals surface area contributed by atoms with E-state index >= 15 is 0 Å². The van der Waals surface area contributed by atoms with Crippen LogP contribution in [-0.4, -0.2) is 58.1 Å². The number of hydrogen-bond acceptors (Lipinski definition) is 7. The van der Waals surface area contributed by atoms with E-state index in [0.717, 1.165) is 56.7 Å². The minimum atomic E-state index is 0.120. The highest BCUT2D eigenvalue weighted by Crippen LogP contribution is 2.26. The van der Waals surface area contributed by atoms with E-state index < -0.39 is 0 Å². The lowest BCUT2D eigenvalue weighted by molar-refractivity contribution is -0.138. The zero-order valence-corrected chi connectivity index (χ0v) is 15.7. The summed E-state index contributed by atoms with van der Waals surface area (Å²) in [6.07, 6.45) is 3.95. The fraction of sp³-hybridized carbons (Fsp3) is 0.611. The molecule has 8 heteroatoms. The summed E-state index contributed by atoms with van der Waals surface area (Å²) in [4.78, 5) is 22.5. The second-order valence-corrected chi connectivity index (χ2v) is 8.16. The third-order valence-electron chi connectivity index (χ3n) is 5.32. The van der Waals surface area contributed by atoms with Gasteiger partial charge in [-0.15, -0.1) is 11.3 Å². The SMILES string of the molecule is NC1CCCC(C(=O)N2CCN(Cc3nc(-c4cccs4)no3)CC2)C1. The third-order valence-corrected chi connectivity index (χ3v) is 6.18. The molecular weight excluding hydrogens is 350 g/mol. The Balaban J connectivity index is 1.28. The number of rotatable bonds is 4. The normalized spacial score (nSPS) is 24.7. The lowest BCUT2D eigenvalue weighted by Crippen LogP contribution is -2.51. The molecule has 1 aliphatic carbocycles. The maximum atomic E-state index is 12.7. The topological polar surface area (TPSA) is 88.5 Å². The molecule has 1 saturated carbocycles. The van der Waals surface area contributed by atoms with Crippen LogP contribution in [-0.2, 0) is 11.3 Å². The summed E-state index contributed by atoms with van der Waals surface area (Å²) in [6, 6.07) is 4.15. The van der Waals surface area contributed by atoms with Crippen molar-refractivity contribution in [3.05, 3.63) is 23.4 Å². The van der Waals surface area contributed by atoms with Gasteiger partial charge in [-0.2, -0.15) is 4.98 Å². The molecule has 2 fully saturated rings. The van der Waals surface area contributed by atoms with Crippen LogP contribution < -0.4 is 5.73 Å². The quantitative estimate of drug-likeness (QED) is 0.879. The first-order valence-electron chi connectivity index (χ1n) is 9.32. The van der Waals surface area contributed by atoms with Gasteiger partial charge in [0, 0.05) is 38.1 Å². The van der Waals surface area contributed by atoms with Crippen molar-refractivity contribution in [3.63, 3.8) is 0 Å². The van der Waals surface area contributed by atoms with Gasteiger partial charge in [-0.25, -0.2) is 0 Å².